The minimum atomic E-state index is -3.47. The lowest BCUT2D eigenvalue weighted by Gasteiger charge is -2.44. The Morgan fingerprint density at radius 3 is 1.30 bits per heavy atom. The molecule has 0 amide bonds. The van der Waals surface area contributed by atoms with E-state index >= 15 is 0 Å². The predicted molar refractivity (Wildman–Crippen MR) is 155 cm³/mol. The first-order valence-corrected chi connectivity index (χ1v) is 21.0. The van der Waals surface area contributed by atoms with Crippen molar-refractivity contribution in [2.24, 2.45) is 11.5 Å². The molecule has 0 atom stereocenters. The highest BCUT2D eigenvalue weighted by Crippen LogP contribution is 2.29. The van der Waals surface area contributed by atoms with Gasteiger partial charge in [0.2, 0.25) is 0 Å². The van der Waals surface area contributed by atoms with E-state index in [1.165, 1.54) is 0 Å². The van der Waals surface area contributed by atoms with Gasteiger partial charge in [0, 0.05) is 40.5 Å². The largest absolute Gasteiger partial charge is 0.491 e. The molecule has 0 unspecified atom stereocenters. The first-order valence-electron chi connectivity index (χ1n) is 12.5. The molecule has 0 bridgehead atoms. The van der Waals surface area contributed by atoms with Crippen molar-refractivity contribution in [2.45, 2.75) is 38.0 Å². The van der Waals surface area contributed by atoms with Crippen LogP contribution in [0.5, 0.6) is 0 Å². The van der Waals surface area contributed by atoms with Crippen molar-refractivity contribution in [3.63, 3.8) is 0 Å². The van der Waals surface area contributed by atoms with Crippen LogP contribution in [0.15, 0.2) is 60.7 Å². The van der Waals surface area contributed by atoms with Crippen LogP contribution in [0.2, 0.25) is 25.2 Å². The summed E-state index contributed by atoms with van der Waals surface area (Å²) in [4.78, 5) is 0. The lowest BCUT2D eigenvalue weighted by Crippen LogP contribution is -2.73. The van der Waals surface area contributed by atoms with Crippen LogP contribution >= 0.6 is 0 Å². The second kappa shape index (κ2) is 14.9. The standard InChI is InChI=1S/C24H44N2O7Si4/c1-27-35(28-2,21-13-19-25)31-34(5,6)32-37(23-15-9-7-10-16-23,24-17-11-8-12-18-24)33-36(29-3,30-4)22-14-20-26/h7-12,15-18H,13-14,19-22,25-26H2,1-6H3. The highest BCUT2D eigenvalue weighted by atomic mass is 28.5. The molecule has 13 heteroatoms. The zero-order chi connectivity index (χ0) is 27.4. The maximum absolute atomic E-state index is 7.20. The van der Waals surface area contributed by atoms with Crippen LogP contribution in [0.3, 0.4) is 0 Å². The highest BCUT2D eigenvalue weighted by molar-refractivity contribution is 7.01. The van der Waals surface area contributed by atoms with Gasteiger partial charge < -0.3 is 41.5 Å². The molecule has 2 aromatic rings. The number of nitrogens with two attached hydrogens (primary N) is 2. The van der Waals surface area contributed by atoms with E-state index in [0.717, 1.165) is 16.8 Å². The quantitative estimate of drug-likeness (QED) is 0.254. The van der Waals surface area contributed by atoms with Gasteiger partial charge >= 0.3 is 34.7 Å². The molecule has 0 aliphatic carbocycles. The van der Waals surface area contributed by atoms with E-state index in [2.05, 4.69) is 0 Å². The number of benzene rings is 2. The predicted octanol–water partition coefficient (Wildman–Crippen LogP) is 2.16. The molecular formula is C24H44N2O7Si4. The van der Waals surface area contributed by atoms with E-state index in [0.29, 0.717) is 31.6 Å². The maximum atomic E-state index is 7.20. The van der Waals surface area contributed by atoms with Crippen molar-refractivity contribution >= 4 is 45.1 Å². The number of rotatable bonds is 18. The zero-order valence-corrected chi connectivity index (χ0v) is 27.0. The minimum Gasteiger partial charge on any atom is -0.409 e. The molecule has 0 fully saturated rings. The van der Waals surface area contributed by atoms with Crippen molar-refractivity contribution in [1.82, 2.24) is 0 Å². The van der Waals surface area contributed by atoms with Crippen molar-refractivity contribution in [3.05, 3.63) is 60.7 Å². The molecule has 0 heterocycles. The Kier molecular flexibility index (Phi) is 13.0. The monoisotopic (exact) mass is 584 g/mol. The maximum Gasteiger partial charge on any atom is 0.491 e. The Morgan fingerprint density at radius 1 is 0.568 bits per heavy atom. The van der Waals surface area contributed by atoms with E-state index < -0.39 is 34.7 Å². The van der Waals surface area contributed by atoms with Gasteiger partial charge in [-0.3, -0.25) is 0 Å². The third-order valence-electron chi connectivity index (χ3n) is 6.02. The van der Waals surface area contributed by atoms with Crippen LogP contribution in [0.1, 0.15) is 12.8 Å². The molecule has 0 aromatic heterocycles. The molecule has 208 valence electrons. The normalized spacial score (nSPS) is 13.2. The highest BCUT2D eigenvalue weighted by Gasteiger charge is 2.57. The molecular weight excluding hydrogens is 541 g/mol. The smallest absolute Gasteiger partial charge is 0.409 e. The van der Waals surface area contributed by atoms with E-state index in [1.807, 2.05) is 73.8 Å². The van der Waals surface area contributed by atoms with E-state index in [-0.39, 0.29) is 0 Å². The van der Waals surface area contributed by atoms with Crippen molar-refractivity contribution in [3.8, 4) is 0 Å². The average molecular weight is 585 g/mol. The first-order chi connectivity index (χ1) is 17.7. The lowest BCUT2D eigenvalue weighted by molar-refractivity contribution is 0.132. The fourth-order valence-electron chi connectivity index (χ4n) is 4.18. The summed E-state index contributed by atoms with van der Waals surface area (Å²) >= 11 is 0. The Hall–Kier alpha value is -1.05. The fourth-order valence-corrected chi connectivity index (χ4v) is 20.8. The van der Waals surface area contributed by atoms with Gasteiger partial charge in [0.05, 0.1) is 0 Å². The third kappa shape index (κ3) is 8.46. The van der Waals surface area contributed by atoms with E-state index in [9.17, 15) is 0 Å². The van der Waals surface area contributed by atoms with Crippen LogP contribution in [0, 0.1) is 0 Å². The van der Waals surface area contributed by atoms with E-state index in [4.69, 9.17) is 41.5 Å². The van der Waals surface area contributed by atoms with Crippen molar-refractivity contribution < 1.29 is 30.0 Å². The van der Waals surface area contributed by atoms with Gasteiger partial charge in [-0.2, -0.15) is 0 Å². The summed E-state index contributed by atoms with van der Waals surface area (Å²) in [5.41, 5.74) is 11.7. The summed E-state index contributed by atoms with van der Waals surface area (Å²) in [7, 11) is -6.23. The number of hydrogen-bond donors (Lipinski definition) is 2. The second-order valence-electron chi connectivity index (χ2n) is 9.02. The van der Waals surface area contributed by atoms with Gasteiger partial charge in [-0.15, -0.1) is 0 Å². The second-order valence-corrected chi connectivity index (χ2v) is 22.0. The molecule has 2 aromatic carbocycles. The summed E-state index contributed by atoms with van der Waals surface area (Å²) < 4.78 is 44.8. The Labute approximate surface area is 226 Å². The topological polar surface area (TPSA) is 117 Å². The van der Waals surface area contributed by atoms with E-state index in [1.54, 1.807) is 28.4 Å². The SMILES string of the molecule is CO[Si](CCCN)(OC)O[Si](C)(C)O[Si](O[Si](CCCN)(OC)OC)(c1ccccc1)c1ccccc1. The number of hydrogen-bond acceptors (Lipinski definition) is 9. The molecule has 0 saturated carbocycles. The summed E-state index contributed by atoms with van der Waals surface area (Å²) in [6.07, 6.45) is 1.42. The van der Waals surface area contributed by atoms with Gasteiger partial charge in [-0.05, 0) is 49.4 Å². The summed E-state index contributed by atoms with van der Waals surface area (Å²) in [5, 5.41) is 1.85. The van der Waals surface area contributed by atoms with Crippen LogP contribution in [0.4, 0.5) is 0 Å². The zero-order valence-electron chi connectivity index (χ0n) is 23.0. The summed E-state index contributed by atoms with van der Waals surface area (Å²) in [5.74, 6) is 0. The van der Waals surface area contributed by atoms with Gasteiger partial charge in [0.25, 0.3) is 0 Å². The lowest BCUT2D eigenvalue weighted by atomic mass is 10.4. The molecule has 0 aliphatic rings. The molecule has 0 saturated heterocycles. The Morgan fingerprint density at radius 2 is 0.946 bits per heavy atom. The molecule has 2 rings (SSSR count). The summed E-state index contributed by atoms with van der Waals surface area (Å²) in [6.45, 7) is 5.00. The van der Waals surface area contributed by atoms with Gasteiger partial charge in [0.15, 0.2) is 0 Å². The van der Waals surface area contributed by atoms with Gasteiger partial charge in [-0.25, -0.2) is 0 Å². The molecule has 0 aliphatic heterocycles. The van der Waals surface area contributed by atoms with Crippen LogP contribution in [-0.4, -0.2) is 76.3 Å². The molecule has 0 spiro atoms. The van der Waals surface area contributed by atoms with Gasteiger partial charge in [-0.1, -0.05) is 60.7 Å². The Balaban J connectivity index is 2.70. The Bertz CT molecular complexity index is 865. The molecule has 0 radical (unpaired) electrons. The van der Waals surface area contributed by atoms with Crippen molar-refractivity contribution in [2.75, 3.05) is 41.5 Å². The molecule has 4 N–H and O–H groups in total. The first kappa shape index (κ1) is 32.2. The molecule has 37 heavy (non-hydrogen) atoms. The molecule has 9 nitrogen and oxygen atoms in total. The van der Waals surface area contributed by atoms with Crippen LogP contribution < -0.4 is 21.8 Å². The minimum absolute atomic E-state index is 0.497. The van der Waals surface area contributed by atoms with Gasteiger partial charge in [0.1, 0.15) is 0 Å². The fraction of sp³-hybridized carbons (Fsp3) is 0.500. The van der Waals surface area contributed by atoms with Crippen molar-refractivity contribution in [1.29, 1.82) is 0 Å². The average Bonchev–Trinajstić information content (AvgIpc) is 2.93. The van der Waals surface area contributed by atoms with Crippen LogP contribution in [-0.2, 0) is 30.0 Å². The van der Waals surface area contributed by atoms with Crippen LogP contribution in [0.25, 0.3) is 0 Å². The third-order valence-corrected chi connectivity index (χ3v) is 21.3. The summed E-state index contributed by atoms with van der Waals surface area (Å²) in [6, 6.07) is 21.1.